The van der Waals surface area contributed by atoms with Gasteiger partial charge in [0.1, 0.15) is 5.76 Å². The molecular formula is C15H22O3. The quantitative estimate of drug-likeness (QED) is 0.830. The minimum Gasteiger partial charge on any atom is -0.482 e. The molecule has 1 atom stereocenters. The summed E-state index contributed by atoms with van der Waals surface area (Å²) < 4.78 is 5.16. The van der Waals surface area contributed by atoms with Crippen LogP contribution in [-0.4, -0.2) is 17.7 Å². The number of carboxylic acid groups (broad SMARTS) is 1. The van der Waals surface area contributed by atoms with Crippen molar-refractivity contribution in [2.75, 3.05) is 6.61 Å². The lowest BCUT2D eigenvalue weighted by molar-refractivity contribution is -0.140. The lowest BCUT2D eigenvalue weighted by Crippen LogP contribution is -2.08. The van der Waals surface area contributed by atoms with Gasteiger partial charge < -0.3 is 9.84 Å². The first-order valence-corrected chi connectivity index (χ1v) is 6.61. The van der Waals surface area contributed by atoms with Crippen molar-refractivity contribution in [2.24, 2.45) is 11.8 Å². The summed E-state index contributed by atoms with van der Waals surface area (Å²) in [6, 6.07) is 0. The van der Waals surface area contributed by atoms with E-state index in [0.29, 0.717) is 11.7 Å². The zero-order chi connectivity index (χ0) is 13.5. The van der Waals surface area contributed by atoms with Gasteiger partial charge in [0, 0.05) is 0 Å². The molecule has 1 unspecified atom stereocenters. The number of carbonyl (C=O) groups is 1. The van der Waals surface area contributed by atoms with E-state index in [2.05, 4.69) is 13.0 Å². The summed E-state index contributed by atoms with van der Waals surface area (Å²) in [4.78, 5) is 10.4. The number of rotatable bonds is 4. The monoisotopic (exact) mass is 250 g/mol. The third-order valence-corrected chi connectivity index (χ3v) is 2.80. The Morgan fingerprint density at radius 3 is 2.72 bits per heavy atom. The average molecular weight is 250 g/mol. The second kappa shape index (κ2) is 7.04. The third-order valence-electron chi connectivity index (χ3n) is 2.80. The van der Waals surface area contributed by atoms with Crippen molar-refractivity contribution < 1.29 is 14.6 Å². The number of ether oxygens (including phenoxy) is 1. The summed E-state index contributed by atoms with van der Waals surface area (Å²) in [5.74, 6) is 0.826. The number of hydrogen-bond donors (Lipinski definition) is 1. The minimum atomic E-state index is -0.944. The number of hydrogen-bond acceptors (Lipinski definition) is 2. The SMILES string of the molecule is CC.CC1C=CC(OCC(=O)O)=C/C1=C/C1CC1. The van der Waals surface area contributed by atoms with Crippen molar-refractivity contribution in [3.8, 4) is 0 Å². The summed E-state index contributed by atoms with van der Waals surface area (Å²) in [5.41, 5.74) is 1.24. The van der Waals surface area contributed by atoms with Crippen LogP contribution in [0.4, 0.5) is 0 Å². The zero-order valence-corrected chi connectivity index (χ0v) is 11.3. The van der Waals surface area contributed by atoms with Crippen molar-refractivity contribution >= 4 is 5.97 Å². The highest BCUT2D eigenvalue weighted by atomic mass is 16.5. The van der Waals surface area contributed by atoms with E-state index in [4.69, 9.17) is 9.84 Å². The van der Waals surface area contributed by atoms with E-state index in [9.17, 15) is 4.79 Å². The van der Waals surface area contributed by atoms with E-state index in [0.717, 1.165) is 5.92 Å². The first kappa shape index (κ1) is 14.6. The Labute approximate surface area is 109 Å². The highest BCUT2D eigenvalue weighted by molar-refractivity contribution is 5.68. The fourth-order valence-corrected chi connectivity index (χ4v) is 1.66. The maximum Gasteiger partial charge on any atom is 0.341 e. The van der Waals surface area contributed by atoms with Crippen molar-refractivity contribution in [1.29, 1.82) is 0 Å². The first-order chi connectivity index (χ1) is 8.65. The van der Waals surface area contributed by atoms with Crippen LogP contribution in [0.15, 0.2) is 35.6 Å². The molecular weight excluding hydrogens is 228 g/mol. The first-order valence-electron chi connectivity index (χ1n) is 6.61. The molecule has 18 heavy (non-hydrogen) atoms. The lowest BCUT2D eigenvalue weighted by atomic mass is 9.94. The maximum atomic E-state index is 10.4. The van der Waals surface area contributed by atoms with Gasteiger partial charge in [-0.15, -0.1) is 0 Å². The highest BCUT2D eigenvalue weighted by Gasteiger charge is 2.21. The highest BCUT2D eigenvalue weighted by Crippen LogP contribution is 2.34. The molecule has 0 bridgehead atoms. The van der Waals surface area contributed by atoms with Crippen LogP contribution in [0.3, 0.4) is 0 Å². The Morgan fingerprint density at radius 1 is 1.50 bits per heavy atom. The minimum absolute atomic E-state index is 0.277. The fourth-order valence-electron chi connectivity index (χ4n) is 1.66. The van der Waals surface area contributed by atoms with Crippen LogP contribution in [0, 0.1) is 11.8 Å². The van der Waals surface area contributed by atoms with Crippen molar-refractivity contribution in [3.63, 3.8) is 0 Å². The molecule has 0 radical (unpaired) electrons. The van der Waals surface area contributed by atoms with E-state index in [-0.39, 0.29) is 6.61 Å². The van der Waals surface area contributed by atoms with E-state index < -0.39 is 5.97 Å². The van der Waals surface area contributed by atoms with E-state index in [1.54, 1.807) is 0 Å². The van der Waals surface area contributed by atoms with E-state index >= 15 is 0 Å². The maximum absolute atomic E-state index is 10.4. The largest absolute Gasteiger partial charge is 0.482 e. The number of aliphatic carboxylic acids is 1. The van der Waals surface area contributed by atoms with E-state index in [1.165, 1.54) is 18.4 Å². The smallest absolute Gasteiger partial charge is 0.341 e. The second-order valence-electron chi connectivity index (χ2n) is 4.38. The van der Waals surface area contributed by atoms with Crippen LogP contribution >= 0.6 is 0 Å². The van der Waals surface area contributed by atoms with Gasteiger partial charge in [0.25, 0.3) is 0 Å². The van der Waals surface area contributed by atoms with Crippen molar-refractivity contribution in [3.05, 3.63) is 35.6 Å². The standard InChI is InChI=1S/C13H16O3.C2H6/c1-9-2-5-12(16-8-13(14)15)7-11(9)6-10-3-4-10;1-2/h2,5-7,9-10H,3-4,8H2,1H3,(H,14,15);1-2H3/b11-6-;. The molecule has 0 aromatic rings. The van der Waals surface area contributed by atoms with Gasteiger partial charge in [-0.3, -0.25) is 0 Å². The molecule has 1 N–H and O–H groups in total. The average Bonchev–Trinajstić information content (AvgIpc) is 3.16. The summed E-state index contributed by atoms with van der Waals surface area (Å²) in [6.45, 7) is 5.86. The molecule has 0 aromatic heterocycles. The molecule has 0 heterocycles. The predicted molar refractivity (Wildman–Crippen MR) is 72.1 cm³/mol. The molecule has 0 saturated heterocycles. The van der Waals surface area contributed by atoms with Crippen LogP contribution in [0.25, 0.3) is 0 Å². The van der Waals surface area contributed by atoms with Crippen LogP contribution in [0.2, 0.25) is 0 Å². The van der Waals surface area contributed by atoms with Gasteiger partial charge in [-0.25, -0.2) is 4.79 Å². The van der Waals surface area contributed by atoms with Crippen molar-refractivity contribution in [2.45, 2.75) is 33.6 Å². The van der Waals surface area contributed by atoms with Gasteiger partial charge >= 0.3 is 5.97 Å². The molecule has 0 aromatic carbocycles. The van der Waals surface area contributed by atoms with Crippen LogP contribution in [0.1, 0.15) is 33.6 Å². The topological polar surface area (TPSA) is 46.5 Å². The Balaban J connectivity index is 0.000000771. The Morgan fingerprint density at radius 2 is 2.17 bits per heavy atom. The summed E-state index contributed by atoms with van der Waals surface area (Å²) >= 11 is 0. The van der Waals surface area contributed by atoms with Gasteiger partial charge in [-0.05, 0) is 42.4 Å². The normalized spacial score (nSPS) is 24.1. The molecule has 1 saturated carbocycles. The summed E-state index contributed by atoms with van der Waals surface area (Å²) in [7, 11) is 0. The Kier molecular flexibility index (Phi) is 5.69. The lowest BCUT2D eigenvalue weighted by Gasteiger charge is -2.16. The van der Waals surface area contributed by atoms with Gasteiger partial charge in [0.15, 0.2) is 6.61 Å². The van der Waals surface area contributed by atoms with Crippen LogP contribution in [0.5, 0.6) is 0 Å². The molecule has 0 amide bonds. The van der Waals surface area contributed by atoms with Gasteiger partial charge in [0.05, 0.1) is 0 Å². The predicted octanol–water partition coefficient (Wildman–Crippen LogP) is 3.54. The summed E-state index contributed by atoms with van der Waals surface area (Å²) in [6.07, 6.45) is 10.7. The van der Waals surface area contributed by atoms with Gasteiger partial charge in [0.2, 0.25) is 0 Å². The molecule has 2 aliphatic carbocycles. The molecule has 2 rings (SSSR count). The molecule has 0 aliphatic heterocycles. The van der Waals surface area contributed by atoms with Gasteiger partial charge in [-0.1, -0.05) is 32.9 Å². The number of allylic oxidation sites excluding steroid dienone is 5. The molecule has 0 spiro atoms. The van der Waals surface area contributed by atoms with Gasteiger partial charge in [-0.2, -0.15) is 0 Å². The second-order valence-corrected chi connectivity index (χ2v) is 4.38. The third kappa shape index (κ3) is 4.78. The molecule has 100 valence electrons. The number of carboxylic acids is 1. The molecule has 1 fully saturated rings. The summed E-state index contributed by atoms with van der Waals surface area (Å²) in [5, 5.41) is 8.53. The zero-order valence-electron chi connectivity index (χ0n) is 11.3. The molecule has 3 heteroatoms. The van der Waals surface area contributed by atoms with Crippen LogP contribution in [-0.2, 0) is 9.53 Å². The fraction of sp³-hybridized carbons (Fsp3) is 0.533. The van der Waals surface area contributed by atoms with Crippen LogP contribution < -0.4 is 0 Å². The Bertz CT molecular complexity index is 373. The molecule has 3 nitrogen and oxygen atoms in total. The molecule has 2 aliphatic rings. The van der Waals surface area contributed by atoms with Crippen molar-refractivity contribution in [1.82, 2.24) is 0 Å². The van der Waals surface area contributed by atoms with E-state index in [1.807, 2.05) is 32.1 Å². The Hall–Kier alpha value is -1.51.